The summed E-state index contributed by atoms with van der Waals surface area (Å²) in [5.41, 5.74) is 25.1. The fourth-order valence-corrected chi connectivity index (χ4v) is 7.03. The molecule has 344 valence electrons. The Kier molecular flexibility index (Phi) is 18.2. The van der Waals surface area contributed by atoms with Crippen molar-refractivity contribution in [2.75, 3.05) is 11.5 Å². The second-order valence-corrected chi connectivity index (χ2v) is 16.3. The highest BCUT2D eigenvalue weighted by Crippen LogP contribution is 2.36. The van der Waals surface area contributed by atoms with Gasteiger partial charge in [-0.1, -0.05) is 255 Å². The first-order valence-electron chi connectivity index (χ1n) is 21.8. The van der Waals surface area contributed by atoms with Gasteiger partial charge in [-0.25, -0.2) is 0 Å². The van der Waals surface area contributed by atoms with Crippen molar-refractivity contribution in [3.63, 3.8) is 0 Å². The van der Waals surface area contributed by atoms with Gasteiger partial charge in [-0.3, -0.25) is 9.11 Å². The summed E-state index contributed by atoms with van der Waals surface area (Å²) in [6.07, 6.45) is 24.1. The Morgan fingerprint density at radius 1 is 0.290 bits per heavy atom. The summed E-state index contributed by atoms with van der Waals surface area (Å²) in [5.74, 6) is 0.304. The van der Waals surface area contributed by atoms with E-state index < -0.39 is 10.4 Å². The van der Waals surface area contributed by atoms with Gasteiger partial charge >= 0.3 is 10.4 Å². The van der Waals surface area contributed by atoms with Crippen molar-refractivity contribution in [2.24, 2.45) is 0 Å². The smallest absolute Gasteiger partial charge is 0.394 e. The Bertz CT molecular complexity index is 2830. The van der Waals surface area contributed by atoms with Crippen molar-refractivity contribution in [1.29, 1.82) is 0 Å². The van der Waals surface area contributed by atoms with Gasteiger partial charge in [0.25, 0.3) is 0 Å². The summed E-state index contributed by atoms with van der Waals surface area (Å²) in [4.78, 5) is 0. The molecule has 69 heavy (non-hydrogen) atoms. The van der Waals surface area contributed by atoms with Crippen molar-refractivity contribution in [3.8, 4) is 11.5 Å². The van der Waals surface area contributed by atoms with E-state index in [9.17, 15) is 10.2 Å². The second-order valence-electron chi connectivity index (χ2n) is 15.4. The standard InChI is InChI=1S/2C30H25NO.H2O4S/c2*31-29-22-30(32)28(21-18-25-14-8-3-9-15-25)26(19-16-23-10-4-1-5-11-23)27(29)20-17-24-12-6-2-7-13-24;1-5(2,3)4/h2*1-22,32H,31H2;(H2,1,2,3,4). The third-order valence-corrected chi connectivity index (χ3v) is 10.4. The minimum Gasteiger partial charge on any atom is -0.507 e. The highest BCUT2D eigenvalue weighted by Gasteiger charge is 2.13. The first kappa shape index (κ1) is 49.7. The van der Waals surface area contributed by atoms with E-state index in [-0.39, 0.29) is 11.5 Å². The number of rotatable bonds is 12. The summed E-state index contributed by atoms with van der Waals surface area (Å²) in [7, 11) is -4.67. The van der Waals surface area contributed by atoms with E-state index in [2.05, 4.69) is 0 Å². The fourth-order valence-electron chi connectivity index (χ4n) is 7.03. The molecule has 8 aromatic carbocycles. The number of benzene rings is 8. The highest BCUT2D eigenvalue weighted by molar-refractivity contribution is 7.79. The fraction of sp³-hybridized carbons (Fsp3) is 0. The Morgan fingerprint density at radius 2 is 0.464 bits per heavy atom. The molecule has 0 heterocycles. The van der Waals surface area contributed by atoms with E-state index >= 15 is 0 Å². The molecule has 0 amide bonds. The molecule has 8 N–H and O–H groups in total. The molecule has 8 rings (SSSR count). The molecular weight excluding hydrogens is 877 g/mol. The van der Waals surface area contributed by atoms with Crippen LogP contribution in [0.3, 0.4) is 0 Å². The lowest BCUT2D eigenvalue weighted by Crippen LogP contribution is -1.96. The molecule has 0 spiro atoms. The molecule has 0 aromatic heterocycles. The molecule has 0 saturated heterocycles. The summed E-state index contributed by atoms with van der Waals surface area (Å²) in [6, 6.07) is 63.6. The van der Waals surface area contributed by atoms with Crippen LogP contribution < -0.4 is 11.5 Å². The van der Waals surface area contributed by atoms with Gasteiger partial charge < -0.3 is 21.7 Å². The lowest BCUT2D eigenvalue weighted by molar-refractivity contribution is 0.381. The maximum atomic E-state index is 10.8. The SMILES string of the molecule is Nc1cc(O)c(C=Cc2ccccc2)c(C=Cc2ccccc2)c1C=Cc1ccccc1.Nc1cc(O)c(C=Cc2ccccc2)c(C=Cc2ccccc2)c1C=Cc1ccccc1.O=S(=O)(O)O. The van der Waals surface area contributed by atoms with Gasteiger partial charge in [-0.15, -0.1) is 0 Å². The monoisotopic (exact) mass is 928 g/mol. The third kappa shape index (κ3) is 16.3. The third-order valence-electron chi connectivity index (χ3n) is 10.4. The van der Waals surface area contributed by atoms with Crippen LogP contribution in [-0.2, 0) is 10.4 Å². The van der Waals surface area contributed by atoms with Crippen molar-refractivity contribution in [3.05, 3.63) is 261 Å². The molecule has 0 aliphatic rings. The summed E-state index contributed by atoms with van der Waals surface area (Å²) in [5, 5.41) is 21.5. The number of phenolic OH excluding ortho intramolecular Hbond substituents is 2. The average Bonchev–Trinajstić information content (AvgIpc) is 3.35. The molecule has 9 heteroatoms. The van der Waals surface area contributed by atoms with Crippen LogP contribution in [-0.4, -0.2) is 27.7 Å². The molecular formula is C60H52N2O6S. The summed E-state index contributed by atoms with van der Waals surface area (Å²) >= 11 is 0. The largest absolute Gasteiger partial charge is 0.507 e. The Hall–Kier alpha value is -8.73. The van der Waals surface area contributed by atoms with E-state index in [1.165, 1.54) is 0 Å². The van der Waals surface area contributed by atoms with Gasteiger partial charge in [0.05, 0.1) is 0 Å². The highest BCUT2D eigenvalue weighted by atomic mass is 32.3. The van der Waals surface area contributed by atoms with Crippen LogP contribution in [0.15, 0.2) is 194 Å². The van der Waals surface area contributed by atoms with Crippen LogP contribution in [0.5, 0.6) is 11.5 Å². The van der Waals surface area contributed by atoms with E-state index in [0.29, 0.717) is 11.4 Å². The van der Waals surface area contributed by atoms with Gasteiger partial charge in [0.2, 0.25) is 0 Å². The van der Waals surface area contributed by atoms with Crippen LogP contribution in [0.1, 0.15) is 66.8 Å². The molecule has 8 aromatic rings. The molecule has 0 bridgehead atoms. The van der Waals surface area contributed by atoms with Crippen LogP contribution in [0.4, 0.5) is 11.4 Å². The van der Waals surface area contributed by atoms with E-state index in [1.54, 1.807) is 12.1 Å². The zero-order valence-electron chi connectivity index (χ0n) is 37.6. The number of aromatic hydroxyl groups is 2. The second kappa shape index (κ2) is 25.3. The molecule has 0 aliphatic carbocycles. The summed E-state index contributed by atoms with van der Waals surface area (Å²) in [6.45, 7) is 0. The number of phenols is 2. The first-order chi connectivity index (χ1) is 33.4. The van der Waals surface area contributed by atoms with Crippen LogP contribution in [0.25, 0.3) is 72.9 Å². The van der Waals surface area contributed by atoms with Crippen molar-refractivity contribution >= 4 is 94.7 Å². The zero-order valence-corrected chi connectivity index (χ0v) is 38.4. The van der Waals surface area contributed by atoms with E-state index in [1.807, 2.05) is 255 Å². The Labute approximate surface area is 404 Å². The van der Waals surface area contributed by atoms with E-state index in [0.717, 1.165) is 66.8 Å². The predicted molar refractivity (Wildman–Crippen MR) is 291 cm³/mol. The molecule has 0 aliphatic heterocycles. The lowest BCUT2D eigenvalue weighted by atomic mass is 9.95. The van der Waals surface area contributed by atoms with Gasteiger partial charge in [0.15, 0.2) is 0 Å². The molecule has 0 atom stereocenters. The summed E-state index contributed by atoms with van der Waals surface area (Å²) < 4.78 is 31.6. The normalized spacial score (nSPS) is 11.6. The maximum Gasteiger partial charge on any atom is 0.394 e. The number of nitrogen functional groups attached to an aromatic ring is 2. The number of hydrogen-bond acceptors (Lipinski definition) is 6. The average molecular weight is 929 g/mol. The van der Waals surface area contributed by atoms with Crippen LogP contribution in [0.2, 0.25) is 0 Å². The van der Waals surface area contributed by atoms with Crippen LogP contribution in [0, 0.1) is 0 Å². The van der Waals surface area contributed by atoms with Gasteiger partial charge in [-0.05, 0) is 44.5 Å². The Balaban J connectivity index is 0.000000207. The minimum absolute atomic E-state index is 0.152. The maximum absolute atomic E-state index is 10.8. The van der Waals surface area contributed by atoms with Gasteiger partial charge in [0, 0.05) is 45.8 Å². The van der Waals surface area contributed by atoms with Gasteiger partial charge in [0.1, 0.15) is 11.5 Å². The topological polar surface area (TPSA) is 167 Å². The molecule has 0 radical (unpaired) electrons. The Morgan fingerprint density at radius 3 is 0.667 bits per heavy atom. The lowest BCUT2D eigenvalue weighted by Gasteiger charge is -2.13. The number of hydrogen-bond donors (Lipinski definition) is 6. The molecule has 0 saturated carbocycles. The van der Waals surface area contributed by atoms with Gasteiger partial charge in [-0.2, -0.15) is 8.42 Å². The zero-order chi connectivity index (χ0) is 48.9. The van der Waals surface area contributed by atoms with Crippen molar-refractivity contribution in [2.45, 2.75) is 0 Å². The first-order valence-corrected chi connectivity index (χ1v) is 23.2. The molecule has 8 nitrogen and oxygen atoms in total. The molecule has 0 fully saturated rings. The minimum atomic E-state index is -4.67. The van der Waals surface area contributed by atoms with Crippen molar-refractivity contribution < 1.29 is 27.7 Å². The van der Waals surface area contributed by atoms with E-state index in [4.69, 9.17) is 29.0 Å². The predicted octanol–water partition coefficient (Wildman–Crippen LogP) is 14.3. The molecule has 0 unspecified atom stereocenters. The number of nitrogens with two attached hydrogens (primary N) is 2. The van der Waals surface area contributed by atoms with Crippen molar-refractivity contribution in [1.82, 2.24) is 0 Å². The quantitative estimate of drug-likeness (QED) is 0.0400. The number of anilines is 2. The van der Waals surface area contributed by atoms with Crippen LogP contribution >= 0.6 is 0 Å².